The summed E-state index contributed by atoms with van der Waals surface area (Å²) in [6.45, 7) is 2.75. The average molecular weight is 373 g/mol. The molecule has 27 heavy (non-hydrogen) atoms. The SMILES string of the molecule is CCCCOC(=O)c1ccc(OCC(=O)NCCc2ccc(F)cc2)cc1. The number of ether oxygens (including phenoxy) is 2. The topological polar surface area (TPSA) is 64.6 Å². The molecule has 0 aromatic heterocycles. The van der Waals surface area contributed by atoms with Crippen LogP contribution in [0, 0.1) is 5.82 Å². The van der Waals surface area contributed by atoms with E-state index in [9.17, 15) is 14.0 Å². The Morgan fingerprint density at radius 2 is 1.74 bits per heavy atom. The molecule has 0 aliphatic carbocycles. The van der Waals surface area contributed by atoms with Gasteiger partial charge in [-0.1, -0.05) is 25.5 Å². The van der Waals surface area contributed by atoms with Crippen LogP contribution in [-0.4, -0.2) is 31.6 Å². The van der Waals surface area contributed by atoms with Gasteiger partial charge in [-0.15, -0.1) is 0 Å². The normalized spacial score (nSPS) is 10.3. The molecule has 2 aromatic carbocycles. The number of carbonyl (C=O) groups excluding carboxylic acids is 2. The number of carbonyl (C=O) groups is 2. The van der Waals surface area contributed by atoms with E-state index < -0.39 is 0 Å². The lowest BCUT2D eigenvalue weighted by Crippen LogP contribution is -2.30. The van der Waals surface area contributed by atoms with Gasteiger partial charge in [-0.3, -0.25) is 4.79 Å². The van der Waals surface area contributed by atoms with Crippen LogP contribution in [0.5, 0.6) is 5.75 Å². The van der Waals surface area contributed by atoms with Crippen molar-refractivity contribution in [3.05, 3.63) is 65.5 Å². The van der Waals surface area contributed by atoms with Crippen LogP contribution in [0.15, 0.2) is 48.5 Å². The predicted molar refractivity (Wildman–Crippen MR) is 100 cm³/mol. The van der Waals surface area contributed by atoms with E-state index in [1.807, 2.05) is 6.92 Å². The Kier molecular flexibility index (Phi) is 8.29. The van der Waals surface area contributed by atoms with Gasteiger partial charge in [0, 0.05) is 6.54 Å². The summed E-state index contributed by atoms with van der Waals surface area (Å²) in [6.07, 6.45) is 2.41. The van der Waals surface area contributed by atoms with Crippen LogP contribution in [-0.2, 0) is 16.0 Å². The molecule has 0 heterocycles. The standard InChI is InChI=1S/C21H24FNO4/c1-2-3-14-26-21(25)17-6-10-19(11-7-17)27-15-20(24)23-13-12-16-4-8-18(22)9-5-16/h4-11H,2-3,12-15H2,1H3,(H,23,24). The molecule has 1 amide bonds. The second-order valence-electron chi connectivity index (χ2n) is 6.03. The molecule has 2 aromatic rings. The molecule has 0 fully saturated rings. The number of rotatable bonds is 10. The highest BCUT2D eigenvalue weighted by atomic mass is 19.1. The van der Waals surface area contributed by atoms with Gasteiger partial charge in [-0.05, 0) is 54.8 Å². The van der Waals surface area contributed by atoms with Crippen molar-refractivity contribution in [1.82, 2.24) is 5.32 Å². The van der Waals surface area contributed by atoms with Crippen LogP contribution < -0.4 is 10.1 Å². The molecular formula is C21H24FNO4. The van der Waals surface area contributed by atoms with Crippen molar-refractivity contribution in [3.8, 4) is 5.75 Å². The van der Waals surface area contributed by atoms with Crippen molar-refractivity contribution in [2.45, 2.75) is 26.2 Å². The summed E-state index contributed by atoms with van der Waals surface area (Å²) in [6, 6.07) is 12.6. The Morgan fingerprint density at radius 3 is 2.41 bits per heavy atom. The molecule has 0 aliphatic rings. The Bertz CT molecular complexity index is 729. The van der Waals surface area contributed by atoms with Gasteiger partial charge in [0.05, 0.1) is 12.2 Å². The quantitative estimate of drug-likeness (QED) is 0.511. The Balaban J connectivity index is 1.68. The van der Waals surface area contributed by atoms with Crippen molar-refractivity contribution in [3.63, 3.8) is 0 Å². The summed E-state index contributed by atoms with van der Waals surface area (Å²) < 4.78 is 23.4. The number of esters is 1. The number of benzene rings is 2. The molecule has 0 unspecified atom stereocenters. The van der Waals surface area contributed by atoms with Gasteiger partial charge < -0.3 is 14.8 Å². The largest absolute Gasteiger partial charge is 0.484 e. The van der Waals surface area contributed by atoms with Gasteiger partial charge >= 0.3 is 5.97 Å². The minimum absolute atomic E-state index is 0.121. The predicted octanol–water partition coefficient (Wildman–Crippen LogP) is 3.52. The molecule has 0 saturated carbocycles. The molecule has 0 bridgehead atoms. The fourth-order valence-electron chi connectivity index (χ4n) is 2.28. The van der Waals surface area contributed by atoms with E-state index in [2.05, 4.69) is 5.32 Å². The third-order valence-corrected chi connectivity index (χ3v) is 3.84. The maximum atomic E-state index is 12.8. The monoisotopic (exact) mass is 373 g/mol. The van der Waals surface area contributed by atoms with Gasteiger partial charge in [0.25, 0.3) is 5.91 Å². The van der Waals surface area contributed by atoms with Gasteiger partial charge in [-0.25, -0.2) is 9.18 Å². The first kappa shape index (κ1) is 20.4. The second kappa shape index (κ2) is 11.0. The van der Waals surface area contributed by atoms with E-state index in [1.54, 1.807) is 36.4 Å². The summed E-state index contributed by atoms with van der Waals surface area (Å²) in [7, 11) is 0. The van der Waals surface area contributed by atoms with E-state index in [0.717, 1.165) is 18.4 Å². The number of nitrogens with one attached hydrogen (secondary N) is 1. The van der Waals surface area contributed by atoms with E-state index in [1.165, 1.54) is 12.1 Å². The van der Waals surface area contributed by atoms with Crippen LogP contribution in [0.25, 0.3) is 0 Å². The minimum atomic E-state index is -0.367. The third kappa shape index (κ3) is 7.48. The van der Waals surface area contributed by atoms with Crippen LogP contribution in [0.3, 0.4) is 0 Å². The minimum Gasteiger partial charge on any atom is -0.484 e. The van der Waals surface area contributed by atoms with Crippen molar-refractivity contribution in [2.24, 2.45) is 0 Å². The van der Waals surface area contributed by atoms with Crippen LogP contribution >= 0.6 is 0 Å². The molecule has 2 rings (SSSR count). The lowest BCUT2D eigenvalue weighted by atomic mass is 10.1. The highest BCUT2D eigenvalue weighted by Crippen LogP contribution is 2.13. The molecule has 0 radical (unpaired) electrons. The molecule has 1 N–H and O–H groups in total. The zero-order valence-corrected chi connectivity index (χ0v) is 15.4. The Hall–Kier alpha value is -2.89. The number of hydrogen-bond donors (Lipinski definition) is 1. The van der Waals surface area contributed by atoms with Crippen molar-refractivity contribution in [2.75, 3.05) is 19.8 Å². The first-order valence-corrected chi connectivity index (χ1v) is 8.99. The fraction of sp³-hybridized carbons (Fsp3) is 0.333. The lowest BCUT2D eigenvalue weighted by molar-refractivity contribution is -0.123. The maximum Gasteiger partial charge on any atom is 0.338 e. The molecule has 0 spiro atoms. The summed E-state index contributed by atoms with van der Waals surface area (Å²) >= 11 is 0. The Labute approximate surface area is 158 Å². The van der Waals surface area contributed by atoms with Gasteiger partial charge in [0.1, 0.15) is 11.6 Å². The summed E-state index contributed by atoms with van der Waals surface area (Å²) in [4.78, 5) is 23.6. The van der Waals surface area contributed by atoms with Crippen LogP contribution in [0.4, 0.5) is 4.39 Å². The first-order chi connectivity index (χ1) is 13.1. The van der Waals surface area contributed by atoms with Crippen LogP contribution in [0.1, 0.15) is 35.7 Å². The number of halogens is 1. The summed E-state index contributed by atoms with van der Waals surface area (Å²) in [5.41, 5.74) is 1.39. The highest BCUT2D eigenvalue weighted by Gasteiger charge is 2.08. The van der Waals surface area contributed by atoms with E-state index in [0.29, 0.717) is 30.9 Å². The van der Waals surface area contributed by atoms with Crippen LogP contribution in [0.2, 0.25) is 0 Å². The molecular weight excluding hydrogens is 349 g/mol. The van der Waals surface area contributed by atoms with Crippen molar-refractivity contribution >= 4 is 11.9 Å². The number of amides is 1. The van der Waals surface area contributed by atoms with E-state index >= 15 is 0 Å². The molecule has 0 atom stereocenters. The van der Waals surface area contributed by atoms with Gasteiger partial charge in [0.15, 0.2) is 6.61 Å². The highest BCUT2D eigenvalue weighted by molar-refractivity contribution is 5.89. The van der Waals surface area contributed by atoms with Gasteiger partial charge in [0.2, 0.25) is 0 Å². The second-order valence-corrected chi connectivity index (χ2v) is 6.03. The van der Waals surface area contributed by atoms with E-state index in [4.69, 9.17) is 9.47 Å². The van der Waals surface area contributed by atoms with Gasteiger partial charge in [-0.2, -0.15) is 0 Å². The third-order valence-electron chi connectivity index (χ3n) is 3.84. The smallest absolute Gasteiger partial charge is 0.338 e. The average Bonchev–Trinajstić information content (AvgIpc) is 2.68. The zero-order chi connectivity index (χ0) is 19.5. The van der Waals surface area contributed by atoms with E-state index in [-0.39, 0.29) is 24.3 Å². The number of unbranched alkanes of at least 4 members (excludes halogenated alkanes) is 1. The first-order valence-electron chi connectivity index (χ1n) is 8.99. The fourth-order valence-corrected chi connectivity index (χ4v) is 2.28. The Morgan fingerprint density at radius 1 is 1.04 bits per heavy atom. The molecule has 5 nitrogen and oxygen atoms in total. The molecule has 0 saturated heterocycles. The summed E-state index contributed by atoms with van der Waals surface area (Å²) in [5.74, 6) is -0.404. The molecule has 0 aliphatic heterocycles. The maximum absolute atomic E-state index is 12.8. The lowest BCUT2D eigenvalue weighted by Gasteiger charge is -2.08. The molecule has 6 heteroatoms. The van der Waals surface area contributed by atoms with Crippen molar-refractivity contribution < 1.29 is 23.5 Å². The number of hydrogen-bond acceptors (Lipinski definition) is 4. The summed E-state index contributed by atoms with van der Waals surface area (Å²) in [5, 5.41) is 2.74. The molecule has 144 valence electrons. The van der Waals surface area contributed by atoms with Crippen molar-refractivity contribution in [1.29, 1.82) is 0 Å². The zero-order valence-electron chi connectivity index (χ0n) is 15.4.